The van der Waals surface area contributed by atoms with Crippen LogP contribution < -0.4 is 10.1 Å². The summed E-state index contributed by atoms with van der Waals surface area (Å²) < 4.78 is 18.7. The molecule has 27 heavy (non-hydrogen) atoms. The molecule has 3 aromatic rings. The minimum absolute atomic E-state index is 0.119. The largest absolute Gasteiger partial charge is 0.457 e. The van der Waals surface area contributed by atoms with Gasteiger partial charge in [-0.05, 0) is 48.4 Å². The lowest BCUT2D eigenvalue weighted by Gasteiger charge is -2.22. The molecule has 140 valence electrons. The van der Waals surface area contributed by atoms with Crippen molar-refractivity contribution in [1.82, 2.24) is 20.3 Å². The molecular weight excluding hydrogens is 347 g/mol. The zero-order chi connectivity index (χ0) is 19.2. The minimum Gasteiger partial charge on any atom is -0.457 e. The summed E-state index contributed by atoms with van der Waals surface area (Å²) in [6, 6.07) is 12.5. The van der Waals surface area contributed by atoms with E-state index in [0.717, 1.165) is 0 Å². The van der Waals surface area contributed by atoms with Gasteiger partial charge in [0.1, 0.15) is 17.3 Å². The first-order chi connectivity index (χ1) is 13.0. The van der Waals surface area contributed by atoms with Crippen LogP contribution in [-0.2, 0) is 6.54 Å². The van der Waals surface area contributed by atoms with Crippen LogP contribution in [0.15, 0.2) is 60.9 Å². The molecule has 0 radical (unpaired) electrons. The topological polar surface area (TPSA) is 69.0 Å². The van der Waals surface area contributed by atoms with Crippen molar-refractivity contribution in [3.05, 3.63) is 72.3 Å². The van der Waals surface area contributed by atoms with E-state index in [-0.39, 0.29) is 23.7 Å². The SMILES string of the molecule is CC(C)[C@@H](Cn1nccn1)NC(=O)c1cccc(Oc2ccc(F)cc2)c1. The molecule has 1 heterocycles. The second-order valence-electron chi connectivity index (χ2n) is 6.49. The van der Waals surface area contributed by atoms with E-state index in [1.165, 1.54) is 24.3 Å². The number of hydrogen-bond acceptors (Lipinski definition) is 4. The van der Waals surface area contributed by atoms with Crippen LogP contribution in [0.3, 0.4) is 0 Å². The second-order valence-corrected chi connectivity index (χ2v) is 6.49. The lowest BCUT2D eigenvalue weighted by atomic mass is 10.0. The fourth-order valence-corrected chi connectivity index (χ4v) is 2.53. The third-order valence-electron chi connectivity index (χ3n) is 4.09. The molecule has 1 N–H and O–H groups in total. The fraction of sp³-hybridized carbons (Fsp3) is 0.250. The van der Waals surface area contributed by atoms with E-state index in [2.05, 4.69) is 15.5 Å². The Balaban J connectivity index is 1.69. The summed E-state index contributed by atoms with van der Waals surface area (Å²) in [6.45, 7) is 4.55. The first-order valence-corrected chi connectivity index (χ1v) is 8.70. The standard InChI is InChI=1S/C20H21FN4O2/c1-14(2)19(13-25-22-10-11-23-25)24-20(26)15-4-3-5-18(12-15)27-17-8-6-16(21)7-9-17/h3-12,14,19H,13H2,1-2H3,(H,24,26)/t19-/m1/s1. The Morgan fingerprint density at radius 3 is 2.48 bits per heavy atom. The molecule has 0 bridgehead atoms. The molecule has 1 atom stereocenters. The van der Waals surface area contributed by atoms with E-state index in [4.69, 9.17) is 4.74 Å². The van der Waals surface area contributed by atoms with E-state index in [1.807, 2.05) is 13.8 Å². The Bertz CT molecular complexity index is 879. The van der Waals surface area contributed by atoms with Crippen molar-refractivity contribution in [3.63, 3.8) is 0 Å². The number of ether oxygens (including phenoxy) is 1. The molecule has 6 nitrogen and oxygen atoms in total. The Kier molecular flexibility index (Phi) is 5.80. The highest BCUT2D eigenvalue weighted by Crippen LogP contribution is 2.22. The smallest absolute Gasteiger partial charge is 0.251 e. The molecule has 1 amide bonds. The third-order valence-corrected chi connectivity index (χ3v) is 4.09. The molecule has 0 spiro atoms. The number of carbonyl (C=O) groups excluding carboxylic acids is 1. The number of benzene rings is 2. The number of amides is 1. The van der Waals surface area contributed by atoms with Gasteiger partial charge < -0.3 is 10.1 Å². The highest BCUT2D eigenvalue weighted by Gasteiger charge is 2.19. The predicted molar refractivity (Wildman–Crippen MR) is 99.0 cm³/mol. The van der Waals surface area contributed by atoms with Crippen molar-refractivity contribution in [2.24, 2.45) is 5.92 Å². The number of halogens is 1. The molecular formula is C20H21FN4O2. The Morgan fingerprint density at radius 1 is 1.11 bits per heavy atom. The number of hydrogen-bond donors (Lipinski definition) is 1. The predicted octanol–water partition coefficient (Wildman–Crippen LogP) is 3.66. The third kappa shape index (κ3) is 5.13. The quantitative estimate of drug-likeness (QED) is 0.691. The lowest BCUT2D eigenvalue weighted by Crippen LogP contribution is -2.42. The average molecular weight is 368 g/mol. The average Bonchev–Trinajstić information content (AvgIpc) is 3.16. The van der Waals surface area contributed by atoms with E-state index in [9.17, 15) is 9.18 Å². The minimum atomic E-state index is -0.332. The first kappa shape index (κ1) is 18.6. The van der Waals surface area contributed by atoms with Crippen molar-refractivity contribution in [2.75, 3.05) is 0 Å². The van der Waals surface area contributed by atoms with Crippen LogP contribution in [0.2, 0.25) is 0 Å². The monoisotopic (exact) mass is 368 g/mol. The summed E-state index contributed by atoms with van der Waals surface area (Å²) in [6.07, 6.45) is 3.21. The maximum absolute atomic E-state index is 13.0. The highest BCUT2D eigenvalue weighted by molar-refractivity contribution is 5.94. The Morgan fingerprint density at radius 2 is 1.81 bits per heavy atom. The van der Waals surface area contributed by atoms with Gasteiger partial charge in [-0.2, -0.15) is 15.0 Å². The van der Waals surface area contributed by atoms with Crippen LogP contribution in [-0.4, -0.2) is 26.9 Å². The molecule has 3 rings (SSSR count). The molecule has 0 saturated carbocycles. The van der Waals surface area contributed by atoms with Crippen LogP contribution in [0.4, 0.5) is 4.39 Å². The molecule has 0 saturated heterocycles. The number of aromatic nitrogens is 3. The van der Waals surface area contributed by atoms with Crippen LogP contribution in [0.25, 0.3) is 0 Å². The van der Waals surface area contributed by atoms with Gasteiger partial charge >= 0.3 is 0 Å². The number of nitrogens with one attached hydrogen (secondary N) is 1. The molecule has 0 aliphatic carbocycles. The molecule has 2 aromatic carbocycles. The summed E-state index contributed by atoms with van der Waals surface area (Å²) in [4.78, 5) is 14.2. The Labute approximate surface area is 157 Å². The van der Waals surface area contributed by atoms with Gasteiger partial charge in [0.25, 0.3) is 5.91 Å². The van der Waals surface area contributed by atoms with Gasteiger partial charge in [-0.1, -0.05) is 19.9 Å². The number of nitrogens with zero attached hydrogens (tertiary/aromatic N) is 3. The van der Waals surface area contributed by atoms with E-state index in [0.29, 0.717) is 23.6 Å². The zero-order valence-electron chi connectivity index (χ0n) is 15.2. The number of rotatable bonds is 7. The summed E-state index contributed by atoms with van der Waals surface area (Å²) in [5.41, 5.74) is 0.480. The summed E-state index contributed by atoms with van der Waals surface area (Å²) in [7, 11) is 0. The molecule has 0 aliphatic rings. The molecule has 0 fully saturated rings. The second kappa shape index (κ2) is 8.44. The van der Waals surface area contributed by atoms with Crippen LogP contribution >= 0.6 is 0 Å². The summed E-state index contributed by atoms with van der Waals surface area (Å²) in [5, 5.41) is 11.2. The summed E-state index contributed by atoms with van der Waals surface area (Å²) >= 11 is 0. The first-order valence-electron chi connectivity index (χ1n) is 8.70. The lowest BCUT2D eigenvalue weighted by molar-refractivity contribution is 0.0917. The van der Waals surface area contributed by atoms with Gasteiger partial charge in [-0.25, -0.2) is 4.39 Å². The van der Waals surface area contributed by atoms with Crippen LogP contribution in [0.5, 0.6) is 11.5 Å². The van der Waals surface area contributed by atoms with Crippen LogP contribution in [0, 0.1) is 11.7 Å². The maximum Gasteiger partial charge on any atom is 0.251 e. The summed E-state index contributed by atoms with van der Waals surface area (Å²) in [5.74, 6) is 0.675. The molecule has 0 unspecified atom stereocenters. The Hall–Kier alpha value is -3.22. The van der Waals surface area contributed by atoms with E-state index >= 15 is 0 Å². The fourth-order valence-electron chi connectivity index (χ4n) is 2.53. The zero-order valence-corrected chi connectivity index (χ0v) is 15.2. The van der Waals surface area contributed by atoms with Crippen molar-refractivity contribution in [3.8, 4) is 11.5 Å². The van der Waals surface area contributed by atoms with Gasteiger partial charge in [0.2, 0.25) is 0 Å². The van der Waals surface area contributed by atoms with E-state index < -0.39 is 0 Å². The van der Waals surface area contributed by atoms with Crippen molar-refractivity contribution < 1.29 is 13.9 Å². The molecule has 0 aliphatic heterocycles. The van der Waals surface area contributed by atoms with Gasteiger partial charge in [0, 0.05) is 5.56 Å². The van der Waals surface area contributed by atoms with Gasteiger partial charge in [0.05, 0.1) is 25.0 Å². The van der Waals surface area contributed by atoms with Crippen LogP contribution in [0.1, 0.15) is 24.2 Å². The van der Waals surface area contributed by atoms with Crippen molar-refractivity contribution in [2.45, 2.75) is 26.4 Å². The maximum atomic E-state index is 13.0. The highest BCUT2D eigenvalue weighted by atomic mass is 19.1. The van der Waals surface area contributed by atoms with Crippen molar-refractivity contribution >= 4 is 5.91 Å². The van der Waals surface area contributed by atoms with Crippen molar-refractivity contribution in [1.29, 1.82) is 0 Å². The van der Waals surface area contributed by atoms with Gasteiger partial charge in [-0.15, -0.1) is 0 Å². The van der Waals surface area contributed by atoms with Gasteiger partial charge in [-0.3, -0.25) is 4.79 Å². The molecule has 1 aromatic heterocycles. The normalized spacial score (nSPS) is 12.0. The van der Waals surface area contributed by atoms with E-state index in [1.54, 1.807) is 41.5 Å². The number of carbonyl (C=O) groups is 1. The molecule has 7 heteroatoms. The van der Waals surface area contributed by atoms with Gasteiger partial charge in [0.15, 0.2) is 0 Å².